The number of ether oxygens (including phenoxy) is 1. The maximum Gasteiger partial charge on any atom is 0.224 e. The highest BCUT2D eigenvalue weighted by Gasteiger charge is 2.20. The summed E-state index contributed by atoms with van der Waals surface area (Å²) in [5.74, 6) is 2.35. The summed E-state index contributed by atoms with van der Waals surface area (Å²) >= 11 is 0. The normalized spacial score (nSPS) is 15.7. The molecule has 1 aromatic heterocycles. The molecule has 0 saturated carbocycles. The van der Waals surface area contributed by atoms with E-state index in [2.05, 4.69) is 32.2 Å². The largest absolute Gasteiger partial charge is 0.496 e. The van der Waals surface area contributed by atoms with E-state index in [1.807, 2.05) is 36.4 Å². The summed E-state index contributed by atoms with van der Waals surface area (Å²) in [5.41, 5.74) is 3.15. The van der Waals surface area contributed by atoms with Crippen LogP contribution >= 0.6 is 0 Å². The number of aromatic nitrogens is 3. The summed E-state index contributed by atoms with van der Waals surface area (Å²) in [6.45, 7) is 0.910. The van der Waals surface area contributed by atoms with Crippen LogP contribution in [0.4, 0.5) is 5.69 Å². The Bertz CT molecular complexity index is 949. The molecule has 0 unspecified atom stereocenters. The molecule has 144 valence electrons. The fourth-order valence-electron chi connectivity index (χ4n) is 3.75. The Morgan fingerprint density at radius 2 is 2.04 bits per heavy atom. The summed E-state index contributed by atoms with van der Waals surface area (Å²) < 4.78 is 7.47. The smallest absolute Gasteiger partial charge is 0.224 e. The third-order valence-electron chi connectivity index (χ3n) is 5.31. The van der Waals surface area contributed by atoms with Gasteiger partial charge >= 0.3 is 0 Å². The van der Waals surface area contributed by atoms with E-state index in [0.29, 0.717) is 18.8 Å². The number of para-hydroxylation sites is 1. The molecular weight excluding hydrogens is 352 g/mol. The van der Waals surface area contributed by atoms with E-state index >= 15 is 0 Å². The van der Waals surface area contributed by atoms with Crippen LogP contribution in [0.15, 0.2) is 54.9 Å². The van der Waals surface area contributed by atoms with Gasteiger partial charge in [-0.3, -0.25) is 4.79 Å². The first-order chi connectivity index (χ1) is 13.7. The van der Waals surface area contributed by atoms with E-state index in [9.17, 15) is 4.79 Å². The van der Waals surface area contributed by atoms with Crippen molar-refractivity contribution in [1.29, 1.82) is 0 Å². The lowest BCUT2D eigenvalue weighted by Crippen LogP contribution is -2.18. The molecule has 0 spiro atoms. The quantitative estimate of drug-likeness (QED) is 0.714. The predicted octanol–water partition coefficient (Wildman–Crippen LogP) is 3.59. The van der Waals surface area contributed by atoms with Crippen molar-refractivity contribution < 1.29 is 9.53 Å². The molecular formula is C22H24N4O2. The molecule has 3 aromatic rings. The number of methoxy groups -OCH3 is 1. The van der Waals surface area contributed by atoms with E-state index < -0.39 is 0 Å². The Balaban J connectivity index is 1.32. The van der Waals surface area contributed by atoms with Crippen molar-refractivity contribution in [3.05, 3.63) is 71.8 Å². The van der Waals surface area contributed by atoms with Crippen molar-refractivity contribution in [2.45, 2.75) is 38.1 Å². The molecule has 6 heteroatoms. The van der Waals surface area contributed by atoms with Gasteiger partial charge in [0.25, 0.3) is 0 Å². The predicted molar refractivity (Wildman–Crippen MR) is 107 cm³/mol. The molecule has 1 aliphatic heterocycles. The minimum atomic E-state index is 0.00505. The highest BCUT2D eigenvalue weighted by molar-refractivity contribution is 5.90. The van der Waals surface area contributed by atoms with Crippen LogP contribution in [-0.4, -0.2) is 27.8 Å². The summed E-state index contributed by atoms with van der Waals surface area (Å²) in [6, 6.07) is 16.0. The second-order valence-electron chi connectivity index (χ2n) is 7.12. The van der Waals surface area contributed by atoms with Crippen molar-refractivity contribution in [2.75, 3.05) is 12.4 Å². The first-order valence-corrected chi connectivity index (χ1v) is 9.61. The van der Waals surface area contributed by atoms with Crippen LogP contribution in [0.1, 0.15) is 35.7 Å². The Morgan fingerprint density at radius 1 is 1.21 bits per heavy atom. The second kappa shape index (κ2) is 8.25. The van der Waals surface area contributed by atoms with Gasteiger partial charge in [-0.2, -0.15) is 0 Å². The van der Waals surface area contributed by atoms with Crippen LogP contribution in [0.2, 0.25) is 0 Å². The highest BCUT2D eigenvalue weighted by Crippen LogP contribution is 2.28. The SMILES string of the molecule is COc1ccccc1CCC(=O)Nc1ccc([C@H]2CCc3nncn3C2)cc1. The molecule has 0 saturated heterocycles. The van der Waals surface area contributed by atoms with Gasteiger partial charge < -0.3 is 14.6 Å². The first-order valence-electron chi connectivity index (χ1n) is 9.61. The average molecular weight is 376 g/mol. The maximum absolute atomic E-state index is 12.3. The molecule has 0 bridgehead atoms. The van der Waals surface area contributed by atoms with Gasteiger partial charge in [-0.25, -0.2) is 0 Å². The number of hydrogen-bond donors (Lipinski definition) is 1. The van der Waals surface area contributed by atoms with Crippen LogP contribution in [0.5, 0.6) is 5.75 Å². The summed E-state index contributed by atoms with van der Waals surface area (Å²) in [4.78, 5) is 12.3. The van der Waals surface area contributed by atoms with Crippen molar-refractivity contribution in [2.24, 2.45) is 0 Å². The second-order valence-corrected chi connectivity index (χ2v) is 7.12. The monoisotopic (exact) mass is 376 g/mol. The first kappa shape index (κ1) is 18.2. The summed E-state index contributed by atoms with van der Waals surface area (Å²) in [7, 11) is 1.65. The Morgan fingerprint density at radius 3 is 2.86 bits per heavy atom. The molecule has 1 atom stereocenters. The third kappa shape index (κ3) is 4.06. The number of carbonyl (C=O) groups excluding carboxylic acids is 1. The number of fused-ring (bicyclic) bond motifs is 1. The molecule has 0 aliphatic carbocycles. The molecule has 28 heavy (non-hydrogen) atoms. The molecule has 4 rings (SSSR count). The minimum absolute atomic E-state index is 0.00505. The van der Waals surface area contributed by atoms with E-state index in [1.165, 1.54) is 5.56 Å². The van der Waals surface area contributed by atoms with Crippen LogP contribution in [0, 0.1) is 0 Å². The molecule has 1 amide bonds. The van der Waals surface area contributed by atoms with Gasteiger partial charge in [0, 0.05) is 31.0 Å². The van der Waals surface area contributed by atoms with Crippen LogP contribution in [0.25, 0.3) is 0 Å². The fourth-order valence-corrected chi connectivity index (χ4v) is 3.75. The maximum atomic E-state index is 12.3. The molecule has 0 fully saturated rings. The van der Waals surface area contributed by atoms with Gasteiger partial charge in [0.2, 0.25) is 5.91 Å². The Hall–Kier alpha value is -3.15. The number of hydrogen-bond acceptors (Lipinski definition) is 4. The lowest BCUT2D eigenvalue weighted by molar-refractivity contribution is -0.116. The lowest BCUT2D eigenvalue weighted by Gasteiger charge is -2.23. The van der Waals surface area contributed by atoms with Crippen molar-refractivity contribution >= 4 is 11.6 Å². The molecule has 1 N–H and O–H groups in total. The number of anilines is 1. The van der Waals surface area contributed by atoms with Crippen molar-refractivity contribution in [3.8, 4) is 5.75 Å². The van der Waals surface area contributed by atoms with Gasteiger partial charge in [-0.15, -0.1) is 10.2 Å². The van der Waals surface area contributed by atoms with Crippen LogP contribution in [-0.2, 0) is 24.2 Å². The van der Waals surface area contributed by atoms with E-state index in [-0.39, 0.29) is 5.91 Å². The topological polar surface area (TPSA) is 69.0 Å². The molecule has 6 nitrogen and oxygen atoms in total. The van der Waals surface area contributed by atoms with Gasteiger partial charge in [0.15, 0.2) is 0 Å². The average Bonchev–Trinajstić information content (AvgIpc) is 3.21. The van der Waals surface area contributed by atoms with Crippen molar-refractivity contribution in [1.82, 2.24) is 14.8 Å². The number of nitrogens with one attached hydrogen (secondary N) is 1. The third-order valence-corrected chi connectivity index (χ3v) is 5.31. The molecule has 2 aromatic carbocycles. The molecule has 2 heterocycles. The fraction of sp³-hybridized carbons (Fsp3) is 0.318. The van der Waals surface area contributed by atoms with E-state index in [1.54, 1.807) is 13.4 Å². The number of carbonyl (C=O) groups is 1. The van der Waals surface area contributed by atoms with E-state index in [4.69, 9.17) is 4.74 Å². The zero-order valence-corrected chi connectivity index (χ0v) is 16.0. The number of rotatable bonds is 6. The zero-order chi connectivity index (χ0) is 19.3. The van der Waals surface area contributed by atoms with Gasteiger partial charge in [-0.1, -0.05) is 30.3 Å². The summed E-state index contributed by atoms with van der Waals surface area (Å²) in [5, 5.41) is 11.1. The molecule has 0 radical (unpaired) electrons. The Labute approximate surface area is 164 Å². The van der Waals surface area contributed by atoms with E-state index in [0.717, 1.165) is 42.2 Å². The zero-order valence-electron chi connectivity index (χ0n) is 16.0. The van der Waals surface area contributed by atoms with Crippen LogP contribution in [0.3, 0.4) is 0 Å². The number of aryl methyl sites for hydroxylation is 2. The van der Waals surface area contributed by atoms with Gasteiger partial charge in [-0.05, 0) is 42.2 Å². The Kier molecular flexibility index (Phi) is 5.37. The number of amides is 1. The van der Waals surface area contributed by atoms with Crippen molar-refractivity contribution in [3.63, 3.8) is 0 Å². The van der Waals surface area contributed by atoms with Gasteiger partial charge in [0.1, 0.15) is 17.9 Å². The lowest BCUT2D eigenvalue weighted by atomic mass is 9.91. The standard InChI is InChI=1S/C22H24N4O2/c1-28-20-5-3-2-4-17(20)9-13-22(27)24-19-10-6-16(7-11-19)18-8-12-21-25-23-15-26(21)14-18/h2-7,10-11,15,18H,8-9,12-14H2,1H3,(H,24,27)/t18-/m0/s1. The minimum Gasteiger partial charge on any atom is -0.496 e. The van der Waals surface area contributed by atoms with Gasteiger partial charge in [0.05, 0.1) is 7.11 Å². The number of benzene rings is 2. The van der Waals surface area contributed by atoms with Crippen LogP contribution < -0.4 is 10.1 Å². The highest BCUT2D eigenvalue weighted by atomic mass is 16.5. The number of nitrogens with zero attached hydrogens (tertiary/aromatic N) is 3. The summed E-state index contributed by atoms with van der Waals surface area (Å²) in [6.07, 6.45) is 4.89. The molecule has 1 aliphatic rings.